The lowest BCUT2D eigenvalue weighted by atomic mass is 10.1. The largest absolute Gasteiger partial charge is 0.548 e. The van der Waals surface area contributed by atoms with Crippen LogP contribution in [0.2, 0.25) is 0 Å². The fourth-order valence-corrected chi connectivity index (χ4v) is 3.50. The first-order valence-electron chi connectivity index (χ1n) is 10.5. The summed E-state index contributed by atoms with van der Waals surface area (Å²) in [4.78, 5) is 37.4. The molecular formula is C27H22BrN2O4-. The van der Waals surface area contributed by atoms with E-state index in [4.69, 9.17) is 0 Å². The summed E-state index contributed by atoms with van der Waals surface area (Å²) in [5.74, 6) is -2.68. The first-order valence-corrected chi connectivity index (χ1v) is 11.3. The number of aliphatic carboxylic acids is 1. The molecule has 0 aliphatic heterocycles. The Kier molecular flexibility index (Phi) is 8.94. The number of nitrogens with one attached hydrogen (secondary N) is 2. The standard InChI is InChI=1S/C27H23BrN2O4/c28-22-15-8-14-21(18-22)25(31)29-23(16-7-13-19-9-3-1-4-10-19)26(32)30-24(27(33)34)17-20-11-5-2-6-12-20/h1-16,18,24H,17H2,(H,29,31)(H,30,32)(H,33,34)/p-1/b13-7+,23-16+/t24-/m1/s1. The number of rotatable bonds is 9. The van der Waals surface area contributed by atoms with Crippen LogP contribution in [0.3, 0.4) is 0 Å². The van der Waals surface area contributed by atoms with Crippen LogP contribution in [0.15, 0.2) is 107 Å². The van der Waals surface area contributed by atoms with Gasteiger partial charge >= 0.3 is 0 Å². The summed E-state index contributed by atoms with van der Waals surface area (Å²) in [6.45, 7) is 0. The van der Waals surface area contributed by atoms with E-state index in [1.807, 2.05) is 36.4 Å². The lowest BCUT2D eigenvalue weighted by molar-refractivity contribution is -0.308. The highest BCUT2D eigenvalue weighted by Gasteiger charge is 2.19. The number of hydrogen-bond donors (Lipinski definition) is 2. The number of benzene rings is 3. The second-order valence-corrected chi connectivity index (χ2v) is 8.27. The molecule has 0 saturated carbocycles. The fourth-order valence-electron chi connectivity index (χ4n) is 3.10. The molecule has 6 nitrogen and oxygen atoms in total. The van der Waals surface area contributed by atoms with Crippen LogP contribution in [0, 0.1) is 0 Å². The smallest absolute Gasteiger partial charge is 0.268 e. The third-order valence-electron chi connectivity index (χ3n) is 4.80. The predicted molar refractivity (Wildman–Crippen MR) is 132 cm³/mol. The molecule has 34 heavy (non-hydrogen) atoms. The normalized spacial score (nSPS) is 12.2. The van der Waals surface area contributed by atoms with Gasteiger partial charge in [0.1, 0.15) is 5.70 Å². The molecule has 2 N–H and O–H groups in total. The van der Waals surface area contributed by atoms with E-state index in [-0.39, 0.29) is 12.1 Å². The third kappa shape index (κ3) is 7.56. The number of carbonyl (C=O) groups is 3. The van der Waals surface area contributed by atoms with Crippen molar-refractivity contribution in [1.29, 1.82) is 0 Å². The van der Waals surface area contributed by atoms with Crippen molar-refractivity contribution in [3.63, 3.8) is 0 Å². The lowest BCUT2D eigenvalue weighted by Crippen LogP contribution is -2.50. The fraction of sp³-hybridized carbons (Fsp3) is 0.0741. The van der Waals surface area contributed by atoms with Crippen LogP contribution in [0.4, 0.5) is 0 Å². The molecule has 0 fully saturated rings. The molecule has 172 valence electrons. The quantitative estimate of drug-likeness (QED) is 0.336. The number of carboxylic acid groups (broad SMARTS) is 1. The van der Waals surface area contributed by atoms with Gasteiger partial charge < -0.3 is 20.5 Å². The van der Waals surface area contributed by atoms with Gasteiger partial charge in [0.25, 0.3) is 11.8 Å². The second-order valence-electron chi connectivity index (χ2n) is 7.35. The van der Waals surface area contributed by atoms with E-state index < -0.39 is 23.8 Å². The van der Waals surface area contributed by atoms with Crippen LogP contribution in [0.1, 0.15) is 21.5 Å². The van der Waals surface area contributed by atoms with Crippen molar-refractivity contribution in [2.24, 2.45) is 0 Å². The number of hydrogen-bond acceptors (Lipinski definition) is 4. The average Bonchev–Trinajstić information content (AvgIpc) is 2.84. The maximum absolute atomic E-state index is 13.0. The Labute approximate surface area is 206 Å². The van der Waals surface area contributed by atoms with Crippen molar-refractivity contribution < 1.29 is 19.5 Å². The molecule has 0 aliphatic carbocycles. The summed E-state index contributed by atoms with van der Waals surface area (Å²) in [6, 6.07) is 23.7. The van der Waals surface area contributed by atoms with Gasteiger partial charge in [-0.1, -0.05) is 94.8 Å². The van der Waals surface area contributed by atoms with Crippen LogP contribution < -0.4 is 15.7 Å². The molecule has 0 aliphatic rings. The second kappa shape index (κ2) is 12.3. The Hall–Kier alpha value is -3.97. The predicted octanol–water partition coefficient (Wildman–Crippen LogP) is 3.25. The molecule has 1 atom stereocenters. The third-order valence-corrected chi connectivity index (χ3v) is 5.30. The summed E-state index contributed by atoms with van der Waals surface area (Å²) in [5, 5.41) is 16.7. The van der Waals surface area contributed by atoms with Gasteiger partial charge in [-0.3, -0.25) is 9.59 Å². The van der Waals surface area contributed by atoms with E-state index in [0.717, 1.165) is 11.1 Å². The highest BCUT2D eigenvalue weighted by Crippen LogP contribution is 2.12. The monoisotopic (exact) mass is 517 g/mol. The molecule has 0 unspecified atom stereocenters. The highest BCUT2D eigenvalue weighted by molar-refractivity contribution is 9.10. The first kappa shape index (κ1) is 24.7. The van der Waals surface area contributed by atoms with Crippen molar-refractivity contribution in [3.05, 3.63) is 124 Å². The van der Waals surface area contributed by atoms with Gasteiger partial charge in [-0.2, -0.15) is 0 Å². The van der Waals surface area contributed by atoms with Crippen molar-refractivity contribution >= 4 is 39.8 Å². The Bertz CT molecular complexity index is 1210. The van der Waals surface area contributed by atoms with Crippen LogP contribution in [-0.4, -0.2) is 23.8 Å². The van der Waals surface area contributed by atoms with E-state index >= 15 is 0 Å². The number of halogens is 1. The Morgan fingerprint density at radius 1 is 0.912 bits per heavy atom. The van der Waals surface area contributed by atoms with Crippen LogP contribution in [0.5, 0.6) is 0 Å². The van der Waals surface area contributed by atoms with Crippen LogP contribution in [0.25, 0.3) is 6.08 Å². The van der Waals surface area contributed by atoms with E-state index in [0.29, 0.717) is 10.0 Å². The molecule has 0 spiro atoms. The van der Waals surface area contributed by atoms with Gasteiger partial charge in [0.2, 0.25) is 0 Å². The molecule has 7 heteroatoms. The summed E-state index contributed by atoms with van der Waals surface area (Å²) >= 11 is 3.32. The molecule has 0 saturated heterocycles. The minimum atomic E-state index is -1.42. The molecule has 3 aromatic rings. The summed E-state index contributed by atoms with van der Waals surface area (Å²) in [7, 11) is 0. The van der Waals surface area contributed by atoms with Gasteiger partial charge in [-0.15, -0.1) is 0 Å². The van der Waals surface area contributed by atoms with Gasteiger partial charge in [-0.25, -0.2) is 0 Å². The Balaban J connectivity index is 1.82. The Morgan fingerprint density at radius 3 is 2.24 bits per heavy atom. The Morgan fingerprint density at radius 2 is 1.59 bits per heavy atom. The van der Waals surface area contributed by atoms with Gasteiger partial charge in [0.05, 0.1) is 12.0 Å². The minimum Gasteiger partial charge on any atom is -0.548 e. The average molecular weight is 518 g/mol. The van der Waals surface area contributed by atoms with E-state index in [1.54, 1.807) is 60.7 Å². The molecule has 0 heterocycles. The van der Waals surface area contributed by atoms with Gasteiger partial charge in [0, 0.05) is 10.0 Å². The maximum atomic E-state index is 13.0. The van der Waals surface area contributed by atoms with E-state index in [2.05, 4.69) is 26.6 Å². The van der Waals surface area contributed by atoms with Crippen molar-refractivity contribution in [1.82, 2.24) is 10.6 Å². The summed E-state index contributed by atoms with van der Waals surface area (Å²) in [5.41, 5.74) is 1.86. The molecule has 0 radical (unpaired) electrons. The molecular weight excluding hydrogens is 496 g/mol. The van der Waals surface area contributed by atoms with Crippen molar-refractivity contribution in [3.8, 4) is 0 Å². The zero-order chi connectivity index (χ0) is 24.3. The number of carbonyl (C=O) groups excluding carboxylic acids is 3. The minimum absolute atomic E-state index is 0.0433. The molecule has 0 aromatic heterocycles. The van der Waals surface area contributed by atoms with E-state index in [9.17, 15) is 19.5 Å². The highest BCUT2D eigenvalue weighted by atomic mass is 79.9. The first-order chi connectivity index (χ1) is 16.4. The SMILES string of the molecule is O=C(N[C@H](Cc1ccccc1)C(=O)[O-])/C(=C\C=C\c1ccccc1)NC(=O)c1cccc(Br)c1. The summed E-state index contributed by atoms with van der Waals surface area (Å²) in [6.07, 6.45) is 4.84. The zero-order valence-electron chi connectivity index (χ0n) is 18.1. The number of allylic oxidation sites excluding steroid dienone is 2. The summed E-state index contributed by atoms with van der Waals surface area (Å²) < 4.78 is 0.707. The van der Waals surface area contributed by atoms with E-state index in [1.165, 1.54) is 6.08 Å². The van der Waals surface area contributed by atoms with Crippen molar-refractivity contribution in [2.75, 3.05) is 0 Å². The van der Waals surface area contributed by atoms with Gasteiger partial charge in [-0.05, 0) is 41.8 Å². The van der Waals surface area contributed by atoms with Gasteiger partial charge in [0.15, 0.2) is 0 Å². The molecule has 3 rings (SSSR count). The topological polar surface area (TPSA) is 98.3 Å². The van der Waals surface area contributed by atoms with Crippen LogP contribution >= 0.6 is 15.9 Å². The lowest BCUT2D eigenvalue weighted by Gasteiger charge is -2.21. The maximum Gasteiger partial charge on any atom is 0.268 e. The molecule has 3 aromatic carbocycles. The van der Waals surface area contributed by atoms with Crippen molar-refractivity contribution in [2.45, 2.75) is 12.5 Å². The number of amides is 2. The zero-order valence-corrected chi connectivity index (χ0v) is 19.7. The molecule has 0 bridgehead atoms. The van der Waals surface area contributed by atoms with Crippen LogP contribution in [-0.2, 0) is 16.0 Å². The number of carboxylic acids is 1. The molecule has 2 amide bonds.